The number of halogens is 2. The van der Waals surface area contributed by atoms with E-state index in [-0.39, 0.29) is 5.82 Å². The predicted molar refractivity (Wildman–Crippen MR) is 59.1 cm³/mol. The Morgan fingerprint density at radius 2 is 2.27 bits per heavy atom. The third kappa shape index (κ3) is 1.93. The molecule has 0 amide bonds. The molecule has 15 heavy (non-hydrogen) atoms. The fraction of sp³-hybridized carbons (Fsp3) is 0.100. The quantitative estimate of drug-likeness (QED) is 0.909. The first kappa shape index (κ1) is 10.3. The Morgan fingerprint density at radius 1 is 1.47 bits per heavy atom. The van der Waals surface area contributed by atoms with Crippen LogP contribution in [0.15, 0.2) is 35.1 Å². The van der Waals surface area contributed by atoms with E-state index in [9.17, 15) is 4.39 Å². The molecule has 0 saturated heterocycles. The maximum Gasteiger partial charge on any atom is 0.127 e. The van der Waals surface area contributed by atoms with E-state index in [4.69, 9.17) is 5.73 Å². The molecule has 0 aliphatic carbocycles. The third-order valence-corrected chi connectivity index (χ3v) is 2.60. The van der Waals surface area contributed by atoms with Crippen LogP contribution in [-0.2, 0) is 6.54 Å². The van der Waals surface area contributed by atoms with Crippen molar-refractivity contribution in [2.75, 3.05) is 0 Å². The van der Waals surface area contributed by atoms with Crippen molar-refractivity contribution in [3.05, 3.63) is 46.7 Å². The number of nitrogens with zero attached hydrogens (tertiary/aromatic N) is 2. The molecule has 1 aromatic carbocycles. The Balaban J connectivity index is 2.57. The fourth-order valence-electron chi connectivity index (χ4n) is 1.40. The van der Waals surface area contributed by atoms with Crippen molar-refractivity contribution >= 4 is 15.9 Å². The first-order chi connectivity index (χ1) is 7.22. The van der Waals surface area contributed by atoms with Crippen molar-refractivity contribution in [2.45, 2.75) is 6.54 Å². The maximum absolute atomic E-state index is 13.0. The molecule has 2 aromatic rings. The number of imidazole rings is 1. The molecule has 0 spiro atoms. The number of benzene rings is 1. The highest BCUT2D eigenvalue weighted by Crippen LogP contribution is 2.19. The van der Waals surface area contributed by atoms with Crippen molar-refractivity contribution in [1.29, 1.82) is 0 Å². The van der Waals surface area contributed by atoms with Crippen molar-refractivity contribution < 1.29 is 4.39 Å². The molecule has 0 radical (unpaired) electrons. The molecule has 5 heteroatoms. The van der Waals surface area contributed by atoms with Crippen LogP contribution in [0, 0.1) is 5.82 Å². The summed E-state index contributed by atoms with van der Waals surface area (Å²) in [5.74, 6) is 0.406. The standard InChI is InChI=1S/C10H9BrFN3/c11-9-6-14-10(5-13)15(9)8-3-1-2-7(12)4-8/h1-4,6H,5,13H2. The van der Waals surface area contributed by atoms with E-state index in [2.05, 4.69) is 20.9 Å². The van der Waals surface area contributed by atoms with E-state index in [0.29, 0.717) is 18.1 Å². The van der Waals surface area contributed by atoms with Gasteiger partial charge in [-0.2, -0.15) is 0 Å². The van der Waals surface area contributed by atoms with E-state index in [1.807, 2.05) is 0 Å². The molecule has 78 valence electrons. The molecule has 1 heterocycles. The van der Waals surface area contributed by atoms with Gasteiger partial charge in [-0.25, -0.2) is 9.37 Å². The molecule has 0 saturated carbocycles. The van der Waals surface area contributed by atoms with Crippen LogP contribution in [0.25, 0.3) is 5.69 Å². The van der Waals surface area contributed by atoms with Crippen LogP contribution >= 0.6 is 15.9 Å². The summed E-state index contributed by atoms with van der Waals surface area (Å²) in [6, 6.07) is 6.29. The average Bonchev–Trinajstić information content (AvgIpc) is 2.59. The van der Waals surface area contributed by atoms with Gasteiger partial charge >= 0.3 is 0 Å². The van der Waals surface area contributed by atoms with Gasteiger partial charge in [0, 0.05) is 0 Å². The van der Waals surface area contributed by atoms with Gasteiger partial charge in [0.2, 0.25) is 0 Å². The van der Waals surface area contributed by atoms with Gasteiger partial charge < -0.3 is 5.73 Å². The van der Waals surface area contributed by atoms with Gasteiger partial charge in [-0.05, 0) is 34.1 Å². The van der Waals surface area contributed by atoms with Crippen molar-refractivity contribution in [3.8, 4) is 5.69 Å². The van der Waals surface area contributed by atoms with Gasteiger partial charge in [0.05, 0.1) is 18.4 Å². The Labute approximate surface area is 94.9 Å². The minimum absolute atomic E-state index is 0.281. The molecule has 0 atom stereocenters. The van der Waals surface area contributed by atoms with E-state index >= 15 is 0 Å². The summed E-state index contributed by atoms with van der Waals surface area (Å²) >= 11 is 3.34. The maximum atomic E-state index is 13.0. The monoisotopic (exact) mass is 269 g/mol. The molecule has 1 aromatic heterocycles. The topological polar surface area (TPSA) is 43.8 Å². The van der Waals surface area contributed by atoms with Gasteiger partial charge in [0.15, 0.2) is 0 Å². The van der Waals surface area contributed by atoms with Gasteiger partial charge in [-0.1, -0.05) is 6.07 Å². The smallest absolute Gasteiger partial charge is 0.127 e. The molecule has 0 bridgehead atoms. The largest absolute Gasteiger partial charge is 0.324 e. The summed E-state index contributed by atoms with van der Waals surface area (Å²) in [4.78, 5) is 4.11. The van der Waals surface area contributed by atoms with Gasteiger partial charge in [-0.3, -0.25) is 4.57 Å². The van der Waals surface area contributed by atoms with Crippen molar-refractivity contribution in [2.24, 2.45) is 5.73 Å². The summed E-state index contributed by atoms with van der Waals surface area (Å²) in [5, 5.41) is 0. The van der Waals surface area contributed by atoms with E-state index in [0.717, 1.165) is 4.60 Å². The second-order valence-corrected chi connectivity index (χ2v) is 3.83. The number of hydrogen-bond acceptors (Lipinski definition) is 2. The Bertz CT molecular complexity index is 481. The summed E-state index contributed by atoms with van der Waals surface area (Å²) in [5.41, 5.74) is 6.25. The molecular weight excluding hydrogens is 261 g/mol. The molecular formula is C10H9BrFN3. The van der Waals surface area contributed by atoms with Crippen LogP contribution in [0.3, 0.4) is 0 Å². The van der Waals surface area contributed by atoms with Gasteiger partial charge in [0.1, 0.15) is 16.2 Å². The minimum Gasteiger partial charge on any atom is -0.324 e. The first-order valence-corrected chi connectivity index (χ1v) is 5.20. The number of nitrogens with two attached hydrogens (primary N) is 1. The van der Waals surface area contributed by atoms with Crippen LogP contribution in [-0.4, -0.2) is 9.55 Å². The first-order valence-electron chi connectivity index (χ1n) is 4.40. The fourth-order valence-corrected chi connectivity index (χ4v) is 1.91. The van der Waals surface area contributed by atoms with Crippen LogP contribution in [0.2, 0.25) is 0 Å². The highest BCUT2D eigenvalue weighted by atomic mass is 79.9. The molecule has 0 aliphatic rings. The average molecular weight is 270 g/mol. The summed E-state index contributed by atoms with van der Waals surface area (Å²) in [6.07, 6.45) is 1.65. The molecule has 0 unspecified atom stereocenters. The number of aromatic nitrogens is 2. The lowest BCUT2D eigenvalue weighted by molar-refractivity contribution is 0.626. The summed E-state index contributed by atoms with van der Waals surface area (Å²) in [6.45, 7) is 0.308. The zero-order valence-corrected chi connectivity index (χ0v) is 9.41. The predicted octanol–water partition coefficient (Wildman–Crippen LogP) is 2.23. The highest BCUT2D eigenvalue weighted by Gasteiger charge is 2.08. The Morgan fingerprint density at radius 3 is 2.93 bits per heavy atom. The number of rotatable bonds is 2. The Kier molecular flexibility index (Phi) is 2.83. The normalized spacial score (nSPS) is 10.6. The number of hydrogen-bond donors (Lipinski definition) is 1. The summed E-state index contributed by atoms with van der Waals surface area (Å²) in [7, 11) is 0. The molecule has 2 N–H and O–H groups in total. The van der Waals surface area contributed by atoms with Crippen LogP contribution in [0.4, 0.5) is 4.39 Å². The van der Waals surface area contributed by atoms with Crippen LogP contribution in [0.1, 0.15) is 5.82 Å². The third-order valence-electron chi connectivity index (χ3n) is 2.04. The van der Waals surface area contributed by atoms with Crippen LogP contribution in [0.5, 0.6) is 0 Å². The van der Waals surface area contributed by atoms with Crippen LogP contribution < -0.4 is 5.73 Å². The molecule has 0 fully saturated rings. The van der Waals surface area contributed by atoms with E-state index in [1.165, 1.54) is 12.1 Å². The van der Waals surface area contributed by atoms with Gasteiger partial charge in [-0.15, -0.1) is 0 Å². The zero-order chi connectivity index (χ0) is 10.8. The highest BCUT2D eigenvalue weighted by molar-refractivity contribution is 9.10. The molecule has 2 rings (SSSR count). The zero-order valence-electron chi connectivity index (χ0n) is 7.82. The molecule has 3 nitrogen and oxygen atoms in total. The van der Waals surface area contributed by atoms with Gasteiger partial charge in [0.25, 0.3) is 0 Å². The molecule has 0 aliphatic heterocycles. The second-order valence-electron chi connectivity index (χ2n) is 3.02. The lowest BCUT2D eigenvalue weighted by Crippen LogP contribution is -2.07. The lowest BCUT2D eigenvalue weighted by Gasteiger charge is -2.07. The minimum atomic E-state index is -0.281. The van der Waals surface area contributed by atoms with E-state index < -0.39 is 0 Å². The van der Waals surface area contributed by atoms with E-state index in [1.54, 1.807) is 22.9 Å². The van der Waals surface area contributed by atoms with Crippen molar-refractivity contribution in [3.63, 3.8) is 0 Å². The SMILES string of the molecule is NCc1ncc(Br)n1-c1cccc(F)c1. The lowest BCUT2D eigenvalue weighted by atomic mass is 10.3. The second kappa shape index (κ2) is 4.12. The Hall–Kier alpha value is -1.20. The summed E-state index contributed by atoms with van der Waals surface area (Å²) < 4.78 is 15.6. The van der Waals surface area contributed by atoms with Crippen molar-refractivity contribution in [1.82, 2.24) is 9.55 Å².